The fraction of sp³-hybridized carbons (Fsp3) is 0.538. The quantitative estimate of drug-likeness (QED) is 0.673. The molecular weight excluding hydrogens is 251 g/mol. The van der Waals surface area contributed by atoms with E-state index >= 15 is 0 Å². The summed E-state index contributed by atoms with van der Waals surface area (Å²) in [6, 6.07) is 4.00. The summed E-state index contributed by atoms with van der Waals surface area (Å²) < 4.78 is 18.9. The van der Waals surface area contributed by atoms with Gasteiger partial charge in [0.15, 0.2) is 0 Å². The Morgan fingerprint density at radius 1 is 1.42 bits per heavy atom. The number of benzene rings is 1. The number of anilines is 1. The predicted molar refractivity (Wildman–Crippen MR) is 69.7 cm³/mol. The first-order valence-corrected chi connectivity index (χ1v) is 6.35. The van der Waals surface area contributed by atoms with Gasteiger partial charge in [-0.3, -0.25) is 10.1 Å². The van der Waals surface area contributed by atoms with E-state index in [1.54, 1.807) is 7.11 Å². The van der Waals surface area contributed by atoms with Gasteiger partial charge in [-0.2, -0.15) is 4.39 Å². The van der Waals surface area contributed by atoms with E-state index in [0.717, 1.165) is 25.7 Å². The van der Waals surface area contributed by atoms with Crippen molar-refractivity contribution in [2.75, 3.05) is 12.4 Å². The second-order valence-corrected chi connectivity index (χ2v) is 4.73. The summed E-state index contributed by atoms with van der Waals surface area (Å²) in [6.07, 6.45) is 4.27. The molecule has 1 aliphatic rings. The smallest absolute Gasteiger partial charge is 0.304 e. The molecule has 1 N–H and O–H groups in total. The molecule has 2 atom stereocenters. The van der Waals surface area contributed by atoms with Gasteiger partial charge in [-0.1, -0.05) is 12.8 Å². The van der Waals surface area contributed by atoms with Crippen LogP contribution in [0.3, 0.4) is 0 Å². The zero-order valence-electron chi connectivity index (χ0n) is 10.8. The van der Waals surface area contributed by atoms with Crippen LogP contribution in [0.4, 0.5) is 15.8 Å². The molecule has 0 spiro atoms. The van der Waals surface area contributed by atoms with Crippen molar-refractivity contribution in [3.05, 3.63) is 34.1 Å². The molecule has 0 heterocycles. The monoisotopic (exact) mass is 268 g/mol. The Labute approximate surface area is 110 Å². The van der Waals surface area contributed by atoms with E-state index in [-0.39, 0.29) is 12.1 Å². The lowest BCUT2D eigenvalue weighted by molar-refractivity contribution is -0.387. The number of ether oxygens (including phenoxy) is 1. The highest BCUT2D eigenvalue weighted by Crippen LogP contribution is 2.26. The van der Waals surface area contributed by atoms with E-state index in [0.29, 0.717) is 5.69 Å². The summed E-state index contributed by atoms with van der Waals surface area (Å²) in [4.78, 5) is 9.82. The number of methoxy groups -OCH3 is 1. The largest absolute Gasteiger partial charge is 0.380 e. The highest BCUT2D eigenvalue weighted by Gasteiger charge is 2.25. The normalized spacial score (nSPS) is 23.1. The molecule has 0 aliphatic heterocycles. The number of hydrogen-bond acceptors (Lipinski definition) is 4. The van der Waals surface area contributed by atoms with Gasteiger partial charge in [-0.25, -0.2) is 0 Å². The zero-order chi connectivity index (χ0) is 13.8. The van der Waals surface area contributed by atoms with Crippen LogP contribution in [-0.4, -0.2) is 24.2 Å². The van der Waals surface area contributed by atoms with E-state index in [2.05, 4.69) is 5.32 Å². The first-order valence-electron chi connectivity index (χ1n) is 6.35. The van der Waals surface area contributed by atoms with Crippen LogP contribution >= 0.6 is 0 Å². The summed E-state index contributed by atoms with van der Waals surface area (Å²) in [5.74, 6) is -0.820. The van der Waals surface area contributed by atoms with Gasteiger partial charge in [-0.15, -0.1) is 0 Å². The van der Waals surface area contributed by atoms with Crippen molar-refractivity contribution >= 4 is 11.4 Å². The summed E-state index contributed by atoms with van der Waals surface area (Å²) in [5, 5.41) is 13.7. The average molecular weight is 268 g/mol. The van der Waals surface area contributed by atoms with Crippen molar-refractivity contribution in [2.24, 2.45) is 0 Å². The van der Waals surface area contributed by atoms with Crippen LogP contribution in [0.25, 0.3) is 0 Å². The molecule has 6 heteroatoms. The standard InChI is InChI=1S/C13H17FN2O3/c1-19-13-5-3-2-4-11(13)15-9-6-7-12(16(17)18)10(14)8-9/h6-8,11,13,15H,2-5H2,1H3. The lowest BCUT2D eigenvalue weighted by Gasteiger charge is -2.31. The Kier molecular flexibility index (Phi) is 4.31. The highest BCUT2D eigenvalue weighted by atomic mass is 19.1. The fourth-order valence-electron chi connectivity index (χ4n) is 2.50. The SMILES string of the molecule is COC1CCCCC1Nc1ccc([N+](=O)[O-])c(F)c1. The van der Waals surface area contributed by atoms with E-state index in [1.807, 2.05) is 0 Å². The third kappa shape index (κ3) is 3.20. The van der Waals surface area contributed by atoms with Crippen LogP contribution in [0.5, 0.6) is 0 Å². The lowest BCUT2D eigenvalue weighted by atomic mass is 9.92. The molecule has 1 aliphatic carbocycles. The minimum absolute atomic E-state index is 0.104. The molecule has 1 aromatic carbocycles. The number of nitrogens with zero attached hydrogens (tertiary/aromatic N) is 1. The van der Waals surface area contributed by atoms with Crippen molar-refractivity contribution in [1.29, 1.82) is 0 Å². The summed E-state index contributed by atoms with van der Waals surface area (Å²) in [5.41, 5.74) is 0.0505. The molecule has 2 rings (SSSR count). The molecule has 2 unspecified atom stereocenters. The van der Waals surface area contributed by atoms with Gasteiger partial charge < -0.3 is 10.1 Å². The van der Waals surface area contributed by atoms with E-state index in [9.17, 15) is 14.5 Å². The maximum atomic E-state index is 13.5. The average Bonchev–Trinajstić information content (AvgIpc) is 2.39. The molecule has 0 saturated heterocycles. The molecule has 104 valence electrons. The third-order valence-electron chi connectivity index (χ3n) is 3.50. The molecule has 0 amide bonds. The molecule has 1 aromatic rings. The maximum absolute atomic E-state index is 13.5. The second-order valence-electron chi connectivity index (χ2n) is 4.73. The number of hydrogen-bond donors (Lipinski definition) is 1. The van der Waals surface area contributed by atoms with Crippen LogP contribution in [0.1, 0.15) is 25.7 Å². The van der Waals surface area contributed by atoms with Crippen LogP contribution in [0, 0.1) is 15.9 Å². The maximum Gasteiger partial charge on any atom is 0.304 e. The number of nitrogens with one attached hydrogen (secondary N) is 1. The molecule has 5 nitrogen and oxygen atoms in total. The van der Waals surface area contributed by atoms with Crippen LogP contribution in [-0.2, 0) is 4.74 Å². The van der Waals surface area contributed by atoms with Crippen LogP contribution in [0.15, 0.2) is 18.2 Å². The first-order chi connectivity index (χ1) is 9.11. The topological polar surface area (TPSA) is 64.4 Å². The van der Waals surface area contributed by atoms with Gasteiger partial charge in [0.25, 0.3) is 0 Å². The van der Waals surface area contributed by atoms with Gasteiger partial charge in [0.05, 0.1) is 17.1 Å². The van der Waals surface area contributed by atoms with Gasteiger partial charge >= 0.3 is 5.69 Å². The van der Waals surface area contributed by atoms with E-state index in [4.69, 9.17) is 4.74 Å². The number of nitro benzene ring substituents is 1. The first kappa shape index (κ1) is 13.7. The number of halogens is 1. The Balaban J connectivity index is 2.10. The van der Waals surface area contributed by atoms with Crippen LogP contribution in [0.2, 0.25) is 0 Å². The minimum Gasteiger partial charge on any atom is -0.380 e. The van der Waals surface area contributed by atoms with E-state index < -0.39 is 16.4 Å². The molecule has 0 aromatic heterocycles. The number of rotatable bonds is 4. The minimum atomic E-state index is -0.820. The summed E-state index contributed by atoms with van der Waals surface area (Å²) in [6.45, 7) is 0. The molecule has 0 bridgehead atoms. The van der Waals surface area contributed by atoms with Crippen molar-refractivity contribution in [3.8, 4) is 0 Å². The van der Waals surface area contributed by atoms with E-state index in [1.165, 1.54) is 18.2 Å². The lowest BCUT2D eigenvalue weighted by Crippen LogP contribution is -2.37. The summed E-state index contributed by atoms with van der Waals surface area (Å²) in [7, 11) is 1.67. The van der Waals surface area contributed by atoms with Crippen LogP contribution < -0.4 is 5.32 Å². The Bertz CT molecular complexity index is 467. The highest BCUT2D eigenvalue weighted by molar-refractivity contribution is 5.50. The van der Waals surface area contributed by atoms with Crippen molar-refractivity contribution in [2.45, 2.75) is 37.8 Å². The molecule has 1 fully saturated rings. The fourth-order valence-corrected chi connectivity index (χ4v) is 2.50. The Hall–Kier alpha value is -1.69. The van der Waals surface area contributed by atoms with Crippen molar-refractivity contribution in [3.63, 3.8) is 0 Å². The Morgan fingerprint density at radius 2 is 2.16 bits per heavy atom. The van der Waals surface area contributed by atoms with Gasteiger partial charge in [0.1, 0.15) is 0 Å². The second kappa shape index (κ2) is 5.97. The number of nitro groups is 1. The molecule has 19 heavy (non-hydrogen) atoms. The molecular formula is C13H17FN2O3. The zero-order valence-corrected chi connectivity index (χ0v) is 10.8. The predicted octanol–water partition coefficient (Wildman–Crippen LogP) is 3.10. The van der Waals surface area contributed by atoms with Gasteiger partial charge in [0, 0.05) is 24.9 Å². The van der Waals surface area contributed by atoms with Gasteiger partial charge in [-0.05, 0) is 18.9 Å². The molecule has 0 radical (unpaired) electrons. The summed E-state index contributed by atoms with van der Waals surface area (Å²) >= 11 is 0. The van der Waals surface area contributed by atoms with Gasteiger partial charge in [0.2, 0.25) is 5.82 Å². The van der Waals surface area contributed by atoms with Crippen molar-refractivity contribution < 1.29 is 14.1 Å². The molecule has 1 saturated carbocycles. The third-order valence-corrected chi connectivity index (χ3v) is 3.50. The van der Waals surface area contributed by atoms with Crippen molar-refractivity contribution in [1.82, 2.24) is 0 Å². The Morgan fingerprint density at radius 3 is 2.79 bits per heavy atom.